The lowest BCUT2D eigenvalue weighted by atomic mass is 9.95. The van der Waals surface area contributed by atoms with Crippen LogP contribution in [0.1, 0.15) is 16.6 Å². The summed E-state index contributed by atoms with van der Waals surface area (Å²) in [5.74, 6) is 1.48. The van der Waals surface area contributed by atoms with E-state index in [0.717, 1.165) is 11.4 Å². The molecule has 2 atom stereocenters. The van der Waals surface area contributed by atoms with Gasteiger partial charge in [0.1, 0.15) is 29.1 Å². The van der Waals surface area contributed by atoms with Crippen molar-refractivity contribution in [2.24, 2.45) is 4.99 Å². The number of methoxy groups -OCH3 is 2. The molecule has 0 bridgehead atoms. The van der Waals surface area contributed by atoms with Crippen molar-refractivity contribution in [1.82, 2.24) is 20.1 Å². The molecule has 1 N–H and O–H groups in total. The Morgan fingerprint density at radius 1 is 1.02 bits per heavy atom. The van der Waals surface area contributed by atoms with Crippen LogP contribution in [-0.2, 0) is 9.53 Å². The zero-order valence-corrected chi connectivity index (χ0v) is 28.2. The largest absolute Gasteiger partial charge is 0.497 e. The number of nitrogens with one attached hydrogen (secondary N) is 1. The van der Waals surface area contributed by atoms with E-state index in [2.05, 4.69) is 15.2 Å². The number of hydrogen-bond acceptors (Lipinski definition) is 10. The van der Waals surface area contributed by atoms with Crippen LogP contribution in [-0.4, -0.2) is 85.6 Å². The van der Waals surface area contributed by atoms with Crippen molar-refractivity contribution in [3.8, 4) is 17.2 Å². The first-order chi connectivity index (χ1) is 23.8. The zero-order valence-electron chi connectivity index (χ0n) is 26.6. The van der Waals surface area contributed by atoms with E-state index in [1.165, 1.54) is 36.6 Å². The van der Waals surface area contributed by atoms with Crippen LogP contribution in [0.4, 0.5) is 14.9 Å². The highest BCUT2D eigenvalue weighted by molar-refractivity contribution is 7.11. The van der Waals surface area contributed by atoms with Gasteiger partial charge in [-0.3, -0.25) is 14.8 Å². The molecule has 2 saturated heterocycles. The van der Waals surface area contributed by atoms with E-state index < -0.39 is 17.8 Å². The number of urea groups is 1. The van der Waals surface area contributed by atoms with Gasteiger partial charge in [-0.25, -0.2) is 19.0 Å². The van der Waals surface area contributed by atoms with Crippen LogP contribution in [0.15, 0.2) is 94.6 Å². The smallest absolute Gasteiger partial charge is 0.338 e. The Morgan fingerprint density at radius 3 is 2.43 bits per heavy atom. The van der Waals surface area contributed by atoms with Crippen molar-refractivity contribution in [2.45, 2.75) is 12.1 Å². The average molecular weight is 703 g/mol. The average Bonchev–Trinajstić information content (AvgIpc) is 3.77. The molecule has 252 valence electrons. The molecule has 0 radical (unpaired) electrons. The highest BCUT2D eigenvalue weighted by Crippen LogP contribution is 2.37. The van der Waals surface area contributed by atoms with Crippen molar-refractivity contribution < 1.29 is 28.2 Å². The number of fused-ring (bicyclic) bond motifs is 1. The SMILES string of the molecule is COC(=O)C1=C(CN2CCN3C(=O)N(c4ccc(Oc5ccc(OC)cc5)cc4)C[C@@H]3C2)NC(c2nccs2)=N[C@H]1c1ccc(F)cc1Cl. The molecule has 3 aliphatic heterocycles. The number of anilines is 1. The van der Waals surface area contributed by atoms with Crippen LogP contribution in [0.25, 0.3) is 0 Å². The predicted octanol–water partition coefficient (Wildman–Crippen LogP) is 5.88. The molecule has 0 aliphatic carbocycles. The summed E-state index contributed by atoms with van der Waals surface area (Å²) < 4.78 is 30.4. The summed E-state index contributed by atoms with van der Waals surface area (Å²) in [5, 5.41) is 5.95. The van der Waals surface area contributed by atoms with Gasteiger partial charge in [0.05, 0.1) is 25.8 Å². The second-order valence-electron chi connectivity index (χ2n) is 11.6. The number of carbonyl (C=O) groups is 2. The Morgan fingerprint density at radius 2 is 1.76 bits per heavy atom. The lowest BCUT2D eigenvalue weighted by Gasteiger charge is -2.38. The second-order valence-corrected chi connectivity index (χ2v) is 12.9. The molecule has 1 aromatic heterocycles. The number of carbonyl (C=O) groups excluding carboxylic acids is 2. The molecular formula is C35H32ClFN6O5S. The number of aliphatic imine (C=N–C) groups is 1. The summed E-state index contributed by atoms with van der Waals surface area (Å²) in [5.41, 5.74) is 2.11. The van der Waals surface area contributed by atoms with Crippen LogP contribution in [0.5, 0.6) is 17.2 Å². The van der Waals surface area contributed by atoms with Crippen molar-refractivity contribution in [3.05, 3.63) is 111 Å². The molecule has 4 aromatic rings. The quantitative estimate of drug-likeness (QED) is 0.216. The number of ether oxygens (including phenoxy) is 3. The minimum Gasteiger partial charge on any atom is -0.497 e. The number of aromatic nitrogens is 1. The van der Waals surface area contributed by atoms with Crippen molar-refractivity contribution in [3.63, 3.8) is 0 Å². The van der Waals surface area contributed by atoms with Gasteiger partial charge in [-0.05, 0) is 60.7 Å². The third-order valence-corrected chi connectivity index (χ3v) is 9.79. The number of amides is 2. The third-order valence-electron chi connectivity index (χ3n) is 8.69. The van der Waals surface area contributed by atoms with Gasteiger partial charge in [-0.2, -0.15) is 0 Å². The standard InChI is InChI=1S/C35H32ClFN6O5S/c1-46-24-8-10-26(11-9-24)48-25-6-4-22(5-7-25)43-19-23-18-41(14-15-42(23)35(43)45)20-29-30(34(44)47-2)31(27-12-3-21(37)17-28(27)36)40-32(39-29)33-38-13-16-49-33/h3-13,16-17,23,31H,14-15,18-20H2,1-2H3,(H,39,40)/t23-,31-/m0/s1. The Hall–Kier alpha value is -4.98. The van der Waals surface area contributed by atoms with E-state index in [-0.39, 0.29) is 22.7 Å². The molecule has 49 heavy (non-hydrogen) atoms. The summed E-state index contributed by atoms with van der Waals surface area (Å²) >= 11 is 7.90. The van der Waals surface area contributed by atoms with Gasteiger partial charge in [0.15, 0.2) is 10.8 Å². The molecule has 14 heteroatoms. The first-order valence-electron chi connectivity index (χ1n) is 15.5. The number of hydrogen-bond donors (Lipinski definition) is 1. The molecule has 0 spiro atoms. The molecule has 0 unspecified atom stereocenters. The second kappa shape index (κ2) is 13.9. The fourth-order valence-corrected chi connectivity index (χ4v) is 7.16. The highest BCUT2D eigenvalue weighted by atomic mass is 35.5. The van der Waals surface area contributed by atoms with Gasteiger partial charge in [0, 0.05) is 66.3 Å². The zero-order chi connectivity index (χ0) is 34.1. The van der Waals surface area contributed by atoms with E-state index >= 15 is 0 Å². The number of rotatable bonds is 9. The van der Waals surface area contributed by atoms with Crippen molar-refractivity contribution in [1.29, 1.82) is 0 Å². The summed E-state index contributed by atoms with van der Waals surface area (Å²) in [6, 6.07) is 17.8. The Bertz CT molecular complexity index is 1920. The fourth-order valence-electron chi connectivity index (χ4n) is 6.30. The van der Waals surface area contributed by atoms with E-state index in [0.29, 0.717) is 66.3 Å². The minimum absolute atomic E-state index is 0.0528. The summed E-state index contributed by atoms with van der Waals surface area (Å²) in [6.07, 6.45) is 1.67. The number of thiazole rings is 1. The van der Waals surface area contributed by atoms with Crippen molar-refractivity contribution in [2.75, 3.05) is 51.8 Å². The van der Waals surface area contributed by atoms with Crippen LogP contribution in [0, 0.1) is 5.82 Å². The maximum atomic E-state index is 14.0. The number of nitrogens with zero attached hydrogens (tertiary/aromatic N) is 5. The number of esters is 1. The Balaban J connectivity index is 1.09. The molecule has 3 aliphatic rings. The molecule has 2 amide bonds. The molecule has 4 heterocycles. The summed E-state index contributed by atoms with van der Waals surface area (Å²) in [7, 11) is 2.93. The lowest BCUT2D eigenvalue weighted by molar-refractivity contribution is -0.136. The van der Waals surface area contributed by atoms with Crippen molar-refractivity contribution >= 4 is 46.5 Å². The number of amidine groups is 1. The first kappa shape index (κ1) is 32.6. The van der Waals surface area contributed by atoms with Crippen LogP contribution in [0.3, 0.4) is 0 Å². The Kier molecular flexibility index (Phi) is 9.21. The molecular weight excluding hydrogens is 671 g/mol. The van der Waals surface area contributed by atoms with Gasteiger partial charge in [0.25, 0.3) is 0 Å². The lowest BCUT2D eigenvalue weighted by Crippen LogP contribution is -2.53. The predicted molar refractivity (Wildman–Crippen MR) is 184 cm³/mol. The summed E-state index contributed by atoms with van der Waals surface area (Å²) in [4.78, 5) is 42.0. The Labute approximate surface area is 291 Å². The van der Waals surface area contributed by atoms with Crippen LogP contribution in [0.2, 0.25) is 5.02 Å². The van der Waals surface area contributed by atoms with Gasteiger partial charge >= 0.3 is 12.0 Å². The van der Waals surface area contributed by atoms with E-state index in [1.807, 2.05) is 58.8 Å². The van der Waals surface area contributed by atoms with E-state index in [9.17, 15) is 14.0 Å². The van der Waals surface area contributed by atoms with Gasteiger partial charge in [-0.15, -0.1) is 11.3 Å². The van der Waals surface area contributed by atoms with Gasteiger partial charge < -0.3 is 24.4 Å². The monoisotopic (exact) mass is 702 g/mol. The number of benzene rings is 3. The number of halogens is 2. The molecule has 7 rings (SSSR count). The van der Waals surface area contributed by atoms with Gasteiger partial charge in [0.2, 0.25) is 0 Å². The van der Waals surface area contributed by atoms with Crippen LogP contribution < -0.4 is 19.7 Å². The molecule has 0 saturated carbocycles. The molecule has 11 nitrogen and oxygen atoms in total. The normalized spacial score (nSPS) is 19.3. The van der Waals surface area contributed by atoms with E-state index in [4.69, 9.17) is 30.8 Å². The summed E-state index contributed by atoms with van der Waals surface area (Å²) in [6.45, 7) is 2.52. The van der Waals surface area contributed by atoms with Crippen LogP contribution >= 0.6 is 22.9 Å². The molecule has 3 aromatic carbocycles. The minimum atomic E-state index is -0.850. The first-order valence-corrected chi connectivity index (χ1v) is 16.8. The van der Waals surface area contributed by atoms with Gasteiger partial charge in [-0.1, -0.05) is 17.7 Å². The maximum Gasteiger partial charge on any atom is 0.338 e. The highest BCUT2D eigenvalue weighted by Gasteiger charge is 2.42. The molecule has 2 fully saturated rings. The fraction of sp³-hybridized carbons (Fsp3) is 0.257. The third kappa shape index (κ3) is 6.69. The topological polar surface area (TPSA) is 109 Å². The van der Waals surface area contributed by atoms with E-state index in [1.54, 1.807) is 18.2 Å². The maximum absolute atomic E-state index is 14.0. The number of piperazine rings is 1.